The first-order valence-electron chi connectivity index (χ1n) is 8.62. The lowest BCUT2D eigenvalue weighted by Crippen LogP contribution is -2.35. The number of aliphatic hydroxyl groups excluding tert-OH is 1. The van der Waals surface area contributed by atoms with Crippen molar-refractivity contribution >= 4 is 0 Å². The topological polar surface area (TPSA) is 60.4 Å². The fourth-order valence-electron chi connectivity index (χ4n) is 2.47. The third-order valence-corrected chi connectivity index (χ3v) is 3.84. The molecule has 0 aromatic heterocycles. The van der Waals surface area contributed by atoms with Crippen LogP contribution in [-0.2, 0) is 18.9 Å². The lowest BCUT2D eigenvalue weighted by molar-refractivity contribution is 0.00206. The van der Waals surface area contributed by atoms with E-state index in [0.717, 1.165) is 18.7 Å². The quantitative estimate of drug-likeness (QED) is 0.890. The van der Waals surface area contributed by atoms with Gasteiger partial charge in [0.1, 0.15) is 0 Å². The maximum atomic E-state index is 10.4. The number of nitrogens with zero attached hydrogens (tertiary/aromatic N) is 1. The van der Waals surface area contributed by atoms with Gasteiger partial charge in [-0.25, -0.2) is 0 Å². The van der Waals surface area contributed by atoms with Gasteiger partial charge in [-0.05, 0) is 5.56 Å². The van der Waals surface area contributed by atoms with Crippen LogP contribution in [0.4, 0.5) is 0 Å². The van der Waals surface area contributed by atoms with E-state index in [4.69, 9.17) is 18.9 Å². The van der Waals surface area contributed by atoms with Crippen molar-refractivity contribution in [1.29, 1.82) is 0 Å². The molecule has 0 unspecified atom stereocenters. The maximum absolute atomic E-state index is 10.4. The molecule has 1 fully saturated rings. The van der Waals surface area contributed by atoms with Gasteiger partial charge in [-0.15, -0.1) is 0 Å². The molecule has 1 heterocycles. The van der Waals surface area contributed by atoms with Crippen LogP contribution < -0.4 is 0 Å². The fraction of sp³-hybridized carbons (Fsp3) is 0.667. The molecule has 1 N–H and O–H groups in total. The molecule has 1 aliphatic heterocycles. The molecular formula is C18H29NO5. The van der Waals surface area contributed by atoms with Gasteiger partial charge in [0.05, 0.1) is 59.0 Å². The van der Waals surface area contributed by atoms with Crippen molar-refractivity contribution in [2.75, 3.05) is 72.5 Å². The maximum Gasteiger partial charge on any atom is 0.0916 e. The Hall–Kier alpha value is -1.02. The summed E-state index contributed by atoms with van der Waals surface area (Å²) in [5.74, 6) is 0. The van der Waals surface area contributed by atoms with Crippen LogP contribution in [0.15, 0.2) is 30.3 Å². The van der Waals surface area contributed by atoms with Gasteiger partial charge in [0.15, 0.2) is 0 Å². The van der Waals surface area contributed by atoms with Crippen molar-refractivity contribution < 1.29 is 24.1 Å². The second-order valence-corrected chi connectivity index (χ2v) is 5.68. The molecule has 6 nitrogen and oxygen atoms in total. The number of rotatable bonds is 3. The van der Waals surface area contributed by atoms with Gasteiger partial charge in [-0.2, -0.15) is 0 Å². The van der Waals surface area contributed by atoms with Crippen LogP contribution in [0.3, 0.4) is 0 Å². The second-order valence-electron chi connectivity index (χ2n) is 5.68. The van der Waals surface area contributed by atoms with Crippen molar-refractivity contribution in [1.82, 2.24) is 4.90 Å². The van der Waals surface area contributed by atoms with Gasteiger partial charge in [0.2, 0.25) is 0 Å². The zero-order chi connectivity index (χ0) is 16.9. The number of benzene rings is 1. The molecule has 2 rings (SSSR count). The first-order chi connectivity index (χ1) is 11.9. The van der Waals surface area contributed by atoms with Crippen LogP contribution in [0, 0.1) is 0 Å². The minimum Gasteiger partial charge on any atom is -0.387 e. The molecule has 1 aromatic carbocycles. The molecule has 1 aromatic rings. The lowest BCUT2D eigenvalue weighted by atomic mass is 10.1. The Morgan fingerprint density at radius 3 is 1.71 bits per heavy atom. The normalized spacial score (nSPS) is 21.5. The smallest absolute Gasteiger partial charge is 0.0916 e. The van der Waals surface area contributed by atoms with E-state index in [-0.39, 0.29) is 0 Å². The fourth-order valence-corrected chi connectivity index (χ4v) is 2.47. The Morgan fingerprint density at radius 1 is 0.750 bits per heavy atom. The monoisotopic (exact) mass is 339 g/mol. The standard InChI is InChI=1S/C18H29NO5/c20-18(17-4-2-1-3-5-17)16-19-6-8-21-10-12-23-14-15-24-13-11-22-9-7-19/h1-5,18,20H,6-16H2/t18-/m0/s1. The molecular weight excluding hydrogens is 310 g/mol. The Labute approximate surface area is 144 Å². The number of β-amino-alcohol motifs (C(OH)–C–C–N with tert-alkyl or cyclic N) is 1. The average molecular weight is 339 g/mol. The predicted molar refractivity (Wildman–Crippen MR) is 91.1 cm³/mol. The van der Waals surface area contributed by atoms with Gasteiger partial charge in [0, 0.05) is 19.6 Å². The van der Waals surface area contributed by atoms with E-state index in [9.17, 15) is 5.11 Å². The molecule has 6 heteroatoms. The Morgan fingerprint density at radius 2 is 1.21 bits per heavy atom. The van der Waals surface area contributed by atoms with Crippen molar-refractivity contribution in [2.45, 2.75) is 6.10 Å². The summed E-state index contributed by atoms with van der Waals surface area (Å²) in [6, 6.07) is 9.72. The van der Waals surface area contributed by atoms with E-state index in [1.807, 2.05) is 30.3 Å². The molecule has 0 bridgehead atoms. The van der Waals surface area contributed by atoms with Crippen molar-refractivity contribution in [3.8, 4) is 0 Å². The zero-order valence-electron chi connectivity index (χ0n) is 14.3. The van der Waals surface area contributed by atoms with Crippen LogP contribution in [0.25, 0.3) is 0 Å². The SMILES string of the molecule is O[C@@H](CN1CCOCCOCCOCCOCC1)c1ccccc1. The van der Waals surface area contributed by atoms with Crippen molar-refractivity contribution in [3.05, 3.63) is 35.9 Å². The minimum atomic E-state index is -0.514. The van der Waals surface area contributed by atoms with E-state index >= 15 is 0 Å². The van der Waals surface area contributed by atoms with Crippen LogP contribution in [-0.4, -0.2) is 82.5 Å². The summed E-state index contributed by atoms with van der Waals surface area (Å²) in [4.78, 5) is 2.17. The molecule has 1 atom stereocenters. The number of hydrogen-bond donors (Lipinski definition) is 1. The van der Waals surface area contributed by atoms with Gasteiger partial charge in [0.25, 0.3) is 0 Å². The highest BCUT2D eigenvalue weighted by Gasteiger charge is 2.13. The summed E-state index contributed by atoms with van der Waals surface area (Å²) in [6.07, 6.45) is -0.514. The number of aliphatic hydroxyl groups is 1. The van der Waals surface area contributed by atoms with Crippen molar-refractivity contribution in [3.63, 3.8) is 0 Å². The highest BCUT2D eigenvalue weighted by molar-refractivity contribution is 5.17. The van der Waals surface area contributed by atoms with Crippen LogP contribution in [0.2, 0.25) is 0 Å². The van der Waals surface area contributed by atoms with Gasteiger partial charge >= 0.3 is 0 Å². The number of hydrogen-bond acceptors (Lipinski definition) is 6. The van der Waals surface area contributed by atoms with E-state index < -0.39 is 6.10 Å². The number of ether oxygens (including phenoxy) is 4. The first kappa shape index (κ1) is 19.3. The molecule has 0 aliphatic carbocycles. The average Bonchev–Trinajstić information content (AvgIpc) is 2.62. The van der Waals surface area contributed by atoms with Crippen LogP contribution in [0.1, 0.15) is 11.7 Å². The van der Waals surface area contributed by atoms with E-state index in [2.05, 4.69) is 4.90 Å². The largest absolute Gasteiger partial charge is 0.387 e. The highest BCUT2D eigenvalue weighted by Crippen LogP contribution is 2.13. The molecule has 1 aliphatic rings. The van der Waals surface area contributed by atoms with Crippen molar-refractivity contribution in [2.24, 2.45) is 0 Å². The Balaban J connectivity index is 1.80. The Kier molecular flexibility index (Phi) is 9.94. The first-order valence-corrected chi connectivity index (χ1v) is 8.62. The molecule has 1 saturated heterocycles. The van der Waals surface area contributed by atoms with Crippen LogP contribution >= 0.6 is 0 Å². The molecule has 24 heavy (non-hydrogen) atoms. The zero-order valence-corrected chi connectivity index (χ0v) is 14.3. The molecule has 0 spiro atoms. The van der Waals surface area contributed by atoms with E-state index in [0.29, 0.717) is 59.4 Å². The third kappa shape index (κ3) is 8.19. The molecule has 0 radical (unpaired) electrons. The molecule has 136 valence electrons. The van der Waals surface area contributed by atoms with Gasteiger partial charge in [-0.3, -0.25) is 4.90 Å². The third-order valence-electron chi connectivity index (χ3n) is 3.84. The summed E-state index contributed by atoms with van der Waals surface area (Å²) < 4.78 is 22.0. The lowest BCUT2D eigenvalue weighted by Gasteiger charge is -2.25. The van der Waals surface area contributed by atoms with Gasteiger partial charge in [-0.1, -0.05) is 30.3 Å². The molecule has 0 saturated carbocycles. The Bertz CT molecular complexity index is 401. The van der Waals surface area contributed by atoms with E-state index in [1.54, 1.807) is 0 Å². The van der Waals surface area contributed by atoms with Crippen LogP contribution in [0.5, 0.6) is 0 Å². The minimum absolute atomic E-state index is 0.514. The summed E-state index contributed by atoms with van der Waals surface area (Å²) in [5, 5.41) is 10.4. The summed E-state index contributed by atoms with van der Waals surface area (Å²) in [6.45, 7) is 6.76. The highest BCUT2D eigenvalue weighted by atomic mass is 16.6. The predicted octanol–water partition coefficient (Wildman–Crippen LogP) is 1.10. The second kappa shape index (κ2) is 12.4. The summed E-state index contributed by atoms with van der Waals surface area (Å²) in [5.41, 5.74) is 0.928. The molecule has 0 amide bonds. The summed E-state index contributed by atoms with van der Waals surface area (Å²) >= 11 is 0. The van der Waals surface area contributed by atoms with Gasteiger partial charge < -0.3 is 24.1 Å². The van der Waals surface area contributed by atoms with E-state index in [1.165, 1.54) is 0 Å². The summed E-state index contributed by atoms with van der Waals surface area (Å²) in [7, 11) is 0.